The van der Waals surface area contributed by atoms with E-state index in [0.29, 0.717) is 4.31 Å². The van der Waals surface area contributed by atoms with E-state index in [-0.39, 0.29) is 11.3 Å². The number of hydrogen-bond acceptors (Lipinski definition) is 5. The molecule has 2 amide bonds. The summed E-state index contributed by atoms with van der Waals surface area (Å²) in [5.41, 5.74) is 0.856. The van der Waals surface area contributed by atoms with Gasteiger partial charge in [0.25, 0.3) is 10.0 Å². The monoisotopic (exact) mass is 368 g/mol. The van der Waals surface area contributed by atoms with Gasteiger partial charge in [-0.05, 0) is 25.5 Å². The van der Waals surface area contributed by atoms with Crippen molar-refractivity contribution in [1.29, 1.82) is 0 Å². The summed E-state index contributed by atoms with van der Waals surface area (Å²) in [5.74, 6) is -3.35. The van der Waals surface area contributed by atoms with Crippen LogP contribution >= 0.6 is 0 Å². The maximum atomic E-state index is 12.8. The largest absolute Gasteiger partial charge is 0.480 e. The Hall–Kier alpha value is -2.42. The summed E-state index contributed by atoms with van der Waals surface area (Å²) in [7, 11) is -2.91. The first-order valence-electron chi connectivity index (χ1n) is 7.73. The summed E-state index contributed by atoms with van der Waals surface area (Å²) in [6.45, 7) is 2.90. The summed E-state index contributed by atoms with van der Waals surface area (Å²) < 4.78 is 26.1. The Bertz CT molecular complexity index is 802. The minimum Gasteiger partial charge on any atom is -0.480 e. The summed E-state index contributed by atoms with van der Waals surface area (Å²) in [6.07, 6.45) is 0.288. The van der Waals surface area contributed by atoms with E-state index in [1.165, 1.54) is 19.2 Å². The third-order valence-corrected chi connectivity index (χ3v) is 5.98. The number of carboxylic acids is 1. The lowest BCUT2D eigenvalue weighted by molar-refractivity contribution is -0.159. The molecular formula is C16H20N2O6S. The summed E-state index contributed by atoms with van der Waals surface area (Å²) in [5, 5.41) is 8.82. The van der Waals surface area contributed by atoms with Gasteiger partial charge in [-0.15, -0.1) is 0 Å². The summed E-state index contributed by atoms with van der Waals surface area (Å²) in [6, 6.07) is 4.73. The third kappa shape index (κ3) is 3.37. The summed E-state index contributed by atoms with van der Waals surface area (Å²) in [4.78, 5) is 36.5. The number of carbonyl (C=O) groups is 3. The molecule has 1 heterocycles. The van der Waals surface area contributed by atoms with E-state index in [9.17, 15) is 22.8 Å². The Kier molecular flexibility index (Phi) is 5.17. The van der Waals surface area contributed by atoms with Crippen LogP contribution in [-0.2, 0) is 24.4 Å². The van der Waals surface area contributed by atoms with E-state index in [1.807, 2.05) is 0 Å². The van der Waals surface area contributed by atoms with Crippen molar-refractivity contribution in [1.82, 2.24) is 9.21 Å². The fraction of sp³-hybridized carbons (Fsp3) is 0.438. The van der Waals surface area contributed by atoms with Crippen molar-refractivity contribution >= 4 is 27.8 Å². The standard InChI is InChI=1S/C16H20N2O6S/c1-4-12-14(16(22)17(3)9-13(19)20)18(15(12)21)25(23,24)11-7-5-10(2)6-8-11/h5-8,12,14H,4,9H2,1-3H3,(H,19,20)/t12-,14+/m1/s1. The van der Waals surface area contributed by atoms with Crippen LogP contribution in [0.5, 0.6) is 0 Å². The van der Waals surface area contributed by atoms with E-state index in [1.54, 1.807) is 26.0 Å². The second-order valence-corrected chi connectivity index (χ2v) is 7.81. The smallest absolute Gasteiger partial charge is 0.323 e. The fourth-order valence-electron chi connectivity index (χ4n) is 2.79. The van der Waals surface area contributed by atoms with E-state index >= 15 is 0 Å². The first kappa shape index (κ1) is 18.9. The first-order chi connectivity index (χ1) is 11.6. The number of sulfonamides is 1. The number of aryl methyl sites for hydroxylation is 1. The van der Waals surface area contributed by atoms with Crippen LogP contribution in [0.2, 0.25) is 0 Å². The number of carbonyl (C=O) groups excluding carboxylic acids is 2. The van der Waals surface area contributed by atoms with Crippen molar-refractivity contribution < 1.29 is 27.9 Å². The molecule has 0 aliphatic carbocycles. The van der Waals surface area contributed by atoms with Crippen LogP contribution in [0.3, 0.4) is 0 Å². The number of aliphatic carboxylic acids is 1. The van der Waals surface area contributed by atoms with Gasteiger partial charge in [-0.3, -0.25) is 14.4 Å². The molecule has 1 aliphatic heterocycles. The van der Waals surface area contributed by atoms with E-state index in [4.69, 9.17) is 5.11 Å². The second kappa shape index (κ2) is 6.83. The predicted molar refractivity (Wildman–Crippen MR) is 88.1 cm³/mol. The Morgan fingerprint density at radius 2 is 1.80 bits per heavy atom. The van der Waals surface area contributed by atoms with Crippen molar-refractivity contribution in [3.8, 4) is 0 Å². The van der Waals surface area contributed by atoms with Gasteiger partial charge in [0.05, 0.1) is 10.8 Å². The number of hydrogen-bond donors (Lipinski definition) is 1. The van der Waals surface area contributed by atoms with Gasteiger partial charge in [0.2, 0.25) is 11.8 Å². The lowest BCUT2D eigenvalue weighted by Gasteiger charge is -2.45. The van der Waals surface area contributed by atoms with Crippen LogP contribution in [0.25, 0.3) is 0 Å². The molecule has 25 heavy (non-hydrogen) atoms. The number of nitrogens with zero attached hydrogens (tertiary/aromatic N) is 2. The highest BCUT2D eigenvalue weighted by atomic mass is 32.2. The van der Waals surface area contributed by atoms with Crippen molar-refractivity contribution in [2.45, 2.75) is 31.2 Å². The SMILES string of the molecule is CC[C@H]1C(=O)N(S(=O)(=O)c2ccc(C)cc2)[C@@H]1C(=O)N(C)CC(=O)O. The Morgan fingerprint density at radius 1 is 1.24 bits per heavy atom. The zero-order chi connectivity index (χ0) is 18.9. The quantitative estimate of drug-likeness (QED) is 0.730. The molecule has 1 saturated heterocycles. The zero-order valence-electron chi connectivity index (χ0n) is 14.2. The first-order valence-corrected chi connectivity index (χ1v) is 9.17. The minimum atomic E-state index is -4.18. The predicted octanol–water partition coefficient (Wildman–Crippen LogP) is 0.464. The molecule has 0 bridgehead atoms. The molecule has 0 radical (unpaired) electrons. The van der Waals surface area contributed by atoms with Gasteiger partial charge in [-0.25, -0.2) is 12.7 Å². The van der Waals surface area contributed by atoms with Crippen LogP contribution in [0.4, 0.5) is 0 Å². The number of benzene rings is 1. The molecule has 8 nitrogen and oxygen atoms in total. The van der Waals surface area contributed by atoms with Gasteiger partial charge in [-0.1, -0.05) is 24.6 Å². The maximum Gasteiger partial charge on any atom is 0.323 e. The molecule has 1 N–H and O–H groups in total. The van der Waals surface area contributed by atoms with E-state index < -0.39 is 46.3 Å². The molecular weight excluding hydrogens is 348 g/mol. The number of amides is 2. The van der Waals surface area contributed by atoms with Gasteiger partial charge in [0.15, 0.2) is 0 Å². The summed E-state index contributed by atoms with van der Waals surface area (Å²) >= 11 is 0. The lowest BCUT2D eigenvalue weighted by Crippen LogP contribution is -2.68. The van der Waals surface area contributed by atoms with Crippen LogP contribution in [0.1, 0.15) is 18.9 Å². The highest BCUT2D eigenvalue weighted by Crippen LogP contribution is 2.36. The average Bonchev–Trinajstić information content (AvgIpc) is 2.51. The van der Waals surface area contributed by atoms with Gasteiger partial charge in [0, 0.05) is 7.05 Å². The maximum absolute atomic E-state index is 12.8. The van der Waals surface area contributed by atoms with Gasteiger partial charge in [0.1, 0.15) is 12.6 Å². The van der Waals surface area contributed by atoms with Crippen LogP contribution < -0.4 is 0 Å². The Morgan fingerprint density at radius 3 is 2.28 bits per heavy atom. The molecule has 2 atom stereocenters. The highest BCUT2D eigenvalue weighted by Gasteiger charge is 2.56. The number of carboxylic acid groups (broad SMARTS) is 1. The highest BCUT2D eigenvalue weighted by molar-refractivity contribution is 7.89. The molecule has 2 rings (SSSR count). The lowest BCUT2D eigenvalue weighted by atomic mass is 9.87. The number of β-lactam (4-membered cyclic amide) rings is 1. The molecule has 0 aromatic heterocycles. The van der Waals surface area contributed by atoms with Crippen molar-refractivity contribution in [3.05, 3.63) is 29.8 Å². The second-order valence-electron chi connectivity index (χ2n) is 6.00. The minimum absolute atomic E-state index is 0.0836. The Balaban J connectivity index is 2.37. The zero-order valence-corrected chi connectivity index (χ0v) is 15.0. The van der Waals surface area contributed by atoms with Crippen molar-refractivity contribution in [2.75, 3.05) is 13.6 Å². The molecule has 0 unspecified atom stereocenters. The molecule has 0 spiro atoms. The number of rotatable bonds is 6. The normalized spacial score (nSPS) is 20.1. The van der Waals surface area contributed by atoms with Gasteiger partial charge < -0.3 is 10.0 Å². The van der Waals surface area contributed by atoms with Crippen LogP contribution in [-0.4, -0.2) is 60.1 Å². The van der Waals surface area contributed by atoms with Crippen LogP contribution in [0.15, 0.2) is 29.2 Å². The van der Waals surface area contributed by atoms with Crippen LogP contribution in [0, 0.1) is 12.8 Å². The van der Waals surface area contributed by atoms with E-state index in [0.717, 1.165) is 10.5 Å². The molecule has 136 valence electrons. The molecule has 0 saturated carbocycles. The molecule has 1 aromatic carbocycles. The molecule has 1 fully saturated rings. The van der Waals surface area contributed by atoms with E-state index in [2.05, 4.69) is 0 Å². The Labute approximate surface area is 146 Å². The third-order valence-electron chi connectivity index (χ3n) is 4.19. The molecule has 1 aromatic rings. The van der Waals surface area contributed by atoms with Crippen molar-refractivity contribution in [2.24, 2.45) is 5.92 Å². The molecule has 9 heteroatoms. The van der Waals surface area contributed by atoms with Gasteiger partial charge in [-0.2, -0.15) is 0 Å². The number of likely N-dealkylation sites (N-methyl/N-ethyl adjacent to an activating group) is 1. The topological polar surface area (TPSA) is 112 Å². The van der Waals surface area contributed by atoms with Gasteiger partial charge >= 0.3 is 5.97 Å². The molecule has 1 aliphatic rings. The van der Waals surface area contributed by atoms with Crippen molar-refractivity contribution in [3.63, 3.8) is 0 Å². The average molecular weight is 368 g/mol. The fourth-order valence-corrected chi connectivity index (χ4v) is 4.40.